The van der Waals surface area contributed by atoms with Crippen LogP contribution in [0.2, 0.25) is 0 Å². The van der Waals surface area contributed by atoms with Gasteiger partial charge in [-0.2, -0.15) is 0 Å². The number of rotatable bonds is 2. The minimum Gasteiger partial charge on any atom is -0.338 e. The van der Waals surface area contributed by atoms with Crippen LogP contribution in [0.4, 0.5) is 4.39 Å². The Morgan fingerprint density at radius 2 is 2.35 bits per heavy atom. The monoisotopic (exact) mass is 348 g/mol. The zero-order valence-corrected chi connectivity index (χ0v) is 11.5. The molecule has 2 N–H and O–H groups in total. The summed E-state index contributed by atoms with van der Waals surface area (Å²) in [6.07, 6.45) is 0.910. The molecule has 0 bridgehead atoms. The summed E-state index contributed by atoms with van der Waals surface area (Å²) >= 11 is 1.99. The summed E-state index contributed by atoms with van der Waals surface area (Å²) in [7, 11) is 0. The van der Waals surface area contributed by atoms with Crippen LogP contribution in [0.1, 0.15) is 16.8 Å². The lowest BCUT2D eigenvalue weighted by Gasteiger charge is -2.17. The molecule has 1 fully saturated rings. The molecule has 1 saturated heterocycles. The van der Waals surface area contributed by atoms with Gasteiger partial charge in [-0.05, 0) is 53.6 Å². The molecule has 92 valence electrons. The van der Waals surface area contributed by atoms with Gasteiger partial charge in [-0.3, -0.25) is 4.79 Å². The number of carbonyl (C=O) groups excluding carboxylic acids is 1. The predicted octanol–water partition coefficient (Wildman–Crippen LogP) is 1.85. The molecular weight excluding hydrogens is 334 g/mol. The van der Waals surface area contributed by atoms with Crippen LogP contribution in [0.15, 0.2) is 18.2 Å². The Balaban J connectivity index is 2.21. The highest BCUT2D eigenvalue weighted by molar-refractivity contribution is 14.1. The van der Waals surface area contributed by atoms with E-state index in [0.29, 0.717) is 29.1 Å². The molecule has 5 heteroatoms. The van der Waals surface area contributed by atoms with Crippen LogP contribution in [0.25, 0.3) is 0 Å². The molecule has 1 aromatic rings. The second-order valence-electron chi connectivity index (χ2n) is 4.24. The quantitative estimate of drug-likeness (QED) is 0.830. The molecule has 0 aliphatic carbocycles. The fourth-order valence-electron chi connectivity index (χ4n) is 2.07. The van der Waals surface area contributed by atoms with E-state index < -0.39 is 5.82 Å². The van der Waals surface area contributed by atoms with E-state index in [1.807, 2.05) is 22.6 Å². The second-order valence-corrected chi connectivity index (χ2v) is 5.40. The van der Waals surface area contributed by atoms with Gasteiger partial charge in [-0.1, -0.05) is 6.07 Å². The van der Waals surface area contributed by atoms with Gasteiger partial charge in [0.15, 0.2) is 0 Å². The molecule has 17 heavy (non-hydrogen) atoms. The zero-order chi connectivity index (χ0) is 12.4. The van der Waals surface area contributed by atoms with E-state index in [4.69, 9.17) is 5.73 Å². The predicted molar refractivity (Wildman–Crippen MR) is 72.2 cm³/mol. The number of hydrogen-bond acceptors (Lipinski definition) is 2. The van der Waals surface area contributed by atoms with Gasteiger partial charge in [0.1, 0.15) is 5.82 Å². The lowest BCUT2D eigenvalue weighted by Crippen LogP contribution is -2.31. The van der Waals surface area contributed by atoms with Crippen molar-refractivity contribution in [1.29, 1.82) is 0 Å². The highest BCUT2D eigenvalue weighted by Gasteiger charge is 2.28. The number of amides is 1. The standard InChI is InChI=1S/C12H14FIN2O/c13-9-2-1-3-10(14)11(9)12(17)16-5-4-8(6-15)7-16/h1-3,8H,4-7,15H2. The molecule has 0 spiro atoms. The molecule has 0 saturated carbocycles. The zero-order valence-electron chi connectivity index (χ0n) is 9.33. The summed E-state index contributed by atoms with van der Waals surface area (Å²) in [5.41, 5.74) is 5.77. The van der Waals surface area contributed by atoms with Gasteiger partial charge < -0.3 is 10.6 Å². The van der Waals surface area contributed by atoms with Gasteiger partial charge in [0.05, 0.1) is 5.56 Å². The Hall–Kier alpha value is -0.690. The van der Waals surface area contributed by atoms with Crippen LogP contribution < -0.4 is 5.73 Å². The summed E-state index contributed by atoms with van der Waals surface area (Å²) in [5, 5.41) is 0. The van der Waals surface area contributed by atoms with E-state index in [1.54, 1.807) is 17.0 Å². The molecule has 1 unspecified atom stereocenters. The van der Waals surface area contributed by atoms with E-state index in [-0.39, 0.29) is 11.5 Å². The molecule has 1 atom stereocenters. The second kappa shape index (κ2) is 5.30. The number of benzene rings is 1. The van der Waals surface area contributed by atoms with Gasteiger partial charge in [0, 0.05) is 16.7 Å². The van der Waals surface area contributed by atoms with E-state index in [9.17, 15) is 9.18 Å². The molecule has 1 heterocycles. The van der Waals surface area contributed by atoms with Crippen LogP contribution in [-0.4, -0.2) is 30.4 Å². The van der Waals surface area contributed by atoms with Crippen LogP contribution in [0.3, 0.4) is 0 Å². The largest absolute Gasteiger partial charge is 0.338 e. The van der Waals surface area contributed by atoms with Gasteiger partial charge in [-0.25, -0.2) is 4.39 Å². The summed E-state index contributed by atoms with van der Waals surface area (Å²) in [4.78, 5) is 13.9. The Morgan fingerprint density at radius 1 is 1.59 bits per heavy atom. The Labute approximate surface area is 113 Å². The topological polar surface area (TPSA) is 46.3 Å². The first-order chi connectivity index (χ1) is 8.13. The van der Waals surface area contributed by atoms with Crippen molar-refractivity contribution >= 4 is 28.5 Å². The number of hydrogen-bond donors (Lipinski definition) is 1. The minimum atomic E-state index is -0.446. The van der Waals surface area contributed by atoms with Gasteiger partial charge >= 0.3 is 0 Å². The first-order valence-electron chi connectivity index (χ1n) is 5.57. The normalized spacial score (nSPS) is 19.7. The maximum Gasteiger partial charge on any atom is 0.257 e. The lowest BCUT2D eigenvalue weighted by molar-refractivity contribution is 0.0782. The lowest BCUT2D eigenvalue weighted by atomic mass is 10.1. The van der Waals surface area contributed by atoms with Crippen LogP contribution in [-0.2, 0) is 0 Å². The van der Waals surface area contributed by atoms with Crippen LogP contribution in [0.5, 0.6) is 0 Å². The molecule has 1 aromatic carbocycles. The molecule has 3 nitrogen and oxygen atoms in total. The highest BCUT2D eigenvalue weighted by Crippen LogP contribution is 2.22. The maximum atomic E-state index is 13.7. The highest BCUT2D eigenvalue weighted by atomic mass is 127. The first kappa shape index (κ1) is 12.8. The van der Waals surface area contributed by atoms with Crippen molar-refractivity contribution < 1.29 is 9.18 Å². The van der Waals surface area contributed by atoms with Crippen molar-refractivity contribution in [3.8, 4) is 0 Å². The number of carbonyl (C=O) groups is 1. The van der Waals surface area contributed by atoms with Crippen molar-refractivity contribution in [3.05, 3.63) is 33.1 Å². The van der Waals surface area contributed by atoms with E-state index in [0.717, 1.165) is 6.42 Å². The van der Waals surface area contributed by atoms with Crippen molar-refractivity contribution in [2.75, 3.05) is 19.6 Å². The molecule has 1 aliphatic rings. The summed E-state index contributed by atoms with van der Waals surface area (Å²) in [6.45, 7) is 1.89. The Kier molecular flexibility index (Phi) is 3.98. The van der Waals surface area contributed by atoms with Crippen molar-refractivity contribution in [2.45, 2.75) is 6.42 Å². The van der Waals surface area contributed by atoms with E-state index >= 15 is 0 Å². The third kappa shape index (κ3) is 2.60. The SMILES string of the molecule is NCC1CCN(C(=O)c2c(F)cccc2I)C1. The van der Waals surface area contributed by atoms with Crippen LogP contribution in [0, 0.1) is 15.3 Å². The average molecular weight is 348 g/mol. The third-order valence-corrected chi connectivity index (χ3v) is 3.98. The fourth-order valence-corrected chi connectivity index (χ4v) is 2.77. The minimum absolute atomic E-state index is 0.186. The summed E-state index contributed by atoms with van der Waals surface area (Å²) < 4.78 is 14.3. The average Bonchev–Trinajstić information content (AvgIpc) is 2.77. The van der Waals surface area contributed by atoms with Crippen molar-refractivity contribution in [3.63, 3.8) is 0 Å². The molecule has 1 aliphatic heterocycles. The molecule has 1 amide bonds. The molecular formula is C12H14FIN2O. The first-order valence-corrected chi connectivity index (χ1v) is 6.64. The number of nitrogens with two attached hydrogens (primary N) is 1. The molecule has 2 rings (SSSR count). The Bertz CT molecular complexity index is 418. The number of likely N-dealkylation sites (tertiary alicyclic amines) is 1. The Morgan fingerprint density at radius 3 is 2.94 bits per heavy atom. The van der Waals surface area contributed by atoms with Crippen LogP contribution >= 0.6 is 22.6 Å². The van der Waals surface area contributed by atoms with Gasteiger partial charge in [-0.15, -0.1) is 0 Å². The van der Waals surface area contributed by atoms with Crippen molar-refractivity contribution in [2.24, 2.45) is 11.7 Å². The fraction of sp³-hybridized carbons (Fsp3) is 0.417. The smallest absolute Gasteiger partial charge is 0.257 e. The molecule has 0 radical (unpaired) electrons. The maximum absolute atomic E-state index is 13.7. The number of nitrogens with zero attached hydrogens (tertiary/aromatic N) is 1. The summed E-state index contributed by atoms with van der Waals surface area (Å²) in [5.74, 6) is -0.315. The van der Waals surface area contributed by atoms with E-state index in [2.05, 4.69) is 0 Å². The third-order valence-electron chi connectivity index (χ3n) is 3.08. The van der Waals surface area contributed by atoms with E-state index in [1.165, 1.54) is 6.07 Å². The number of halogens is 2. The van der Waals surface area contributed by atoms with Gasteiger partial charge in [0.25, 0.3) is 5.91 Å². The summed E-state index contributed by atoms with van der Waals surface area (Å²) in [6, 6.07) is 4.68. The van der Waals surface area contributed by atoms with Crippen molar-refractivity contribution in [1.82, 2.24) is 4.90 Å². The molecule has 0 aromatic heterocycles. The van der Waals surface area contributed by atoms with Gasteiger partial charge in [0.2, 0.25) is 0 Å².